The molecule has 188 valence electrons. The minimum Gasteiger partial charge on any atom is -0.349 e. The third kappa shape index (κ3) is 7.24. The van der Waals surface area contributed by atoms with E-state index in [-0.39, 0.29) is 29.0 Å². The van der Waals surface area contributed by atoms with Crippen LogP contribution in [0.2, 0.25) is 0 Å². The number of aryl methyl sites for hydroxylation is 1. The van der Waals surface area contributed by atoms with Gasteiger partial charge >= 0.3 is 0 Å². The number of nitrogens with zero attached hydrogens (tertiary/aromatic N) is 1. The Balaban J connectivity index is 1.34. The van der Waals surface area contributed by atoms with Crippen LogP contribution >= 0.6 is 0 Å². The number of hydrogen-bond donors (Lipinski definition) is 2. The molecule has 0 saturated heterocycles. The molecular weight excluding hydrogens is 474 g/mol. The summed E-state index contributed by atoms with van der Waals surface area (Å²) in [7, 11) is -3.88. The Hall–Kier alpha value is -3.52. The molecule has 0 atom stereocenters. The van der Waals surface area contributed by atoms with E-state index in [4.69, 9.17) is 0 Å². The standard InChI is InChI=1S/C28H31N3O4S/c32-26(16-13-22-6-5-17-29-20-22)18-21-11-14-25(15-12-21)31-36(34,35)27-10-4-7-23(19-27)28(33)30-24-8-2-1-3-9-24/h4-7,10-12,14-15,17,19-20,24,31H,1-3,8-9,13,16,18H2,(H,30,33). The first-order valence-corrected chi connectivity index (χ1v) is 13.8. The first-order chi connectivity index (χ1) is 17.4. The summed E-state index contributed by atoms with van der Waals surface area (Å²) in [5.41, 5.74) is 2.55. The fourth-order valence-corrected chi connectivity index (χ4v) is 5.47. The highest BCUT2D eigenvalue weighted by molar-refractivity contribution is 7.92. The van der Waals surface area contributed by atoms with Crippen molar-refractivity contribution in [1.29, 1.82) is 0 Å². The van der Waals surface area contributed by atoms with Crippen molar-refractivity contribution in [2.45, 2.75) is 62.3 Å². The van der Waals surface area contributed by atoms with Gasteiger partial charge in [0.05, 0.1) is 4.90 Å². The first kappa shape index (κ1) is 25.6. The number of carbonyl (C=O) groups excluding carboxylic acids is 2. The average molecular weight is 506 g/mol. The Morgan fingerprint density at radius 2 is 1.69 bits per heavy atom. The molecule has 1 amide bonds. The number of carbonyl (C=O) groups is 2. The third-order valence-corrected chi connectivity index (χ3v) is 7.75. The summed E-state index contributed by atoms with van der Waals surface area (Å²) in [4.78, 5) is 29.1. The second kappa shape index (κ2) is 11.9. The van der Waals surface area contributed by atoms with Gasteiger partial charge in [-0.25, -0.2) is 8.42 Å². The number of hydrogen-bond acceptors (Lipinski definition) is 5. The Morgan fingerprint density at radius 1 is 0.917 bits per heavy atom. The highest BCUT2D eigenvalue weighted by Gasteiger charge is 2.20. The SMILES string of the molecule is O=C(CCc1cccnc1)Cc1ccc(NS(=O)(=O)c2cccc(C(=O)NC3CCCCC3)c2)cc1. The molecule has 4 rings (SSSR count). The number of nitrogens with one attached hydrogen (secondary N) is 2. The summed E-state index contributed by atoms with van der Waals surface area (Å²) in [6.07, 6.45) is 10.1. The average Bonchev–Trinajstić information content (AvgIpc) is 2.90. The molecule has 36 heavy (non-hydrogen) atoms. The topological polar surface area (TPSA) is 105 Å². The van der Waals surface area contributed by atoms with E-state index in [9.17, 15) is 18.0 Å². The van der Waals surface area contributed by atoms with E-state index in [0.717, 1.165) is 36.8 Å². The van der Waals surface area contributed by atoms with Crippen molar-refractivity contribution in [3.05, 3.63) is 89.7 Å². The van der Waals surface area contributed by atoms with E-state index in [2.05, 4.69) is 15.0 Å². The summed E-state index contributed by atoms with van der Waals surface area (Å²) in [5.74, 6) is -0.146. The molecule has 0 bridgehead atoms. The summed E-state index contributed by atoms with van der Waals surface area (Å²) in [5, 5.41) is 3.02. The molecule has 0 aliphatic heterocycles. The van der Waals surface area contributed by atoms with Crippen molar-refractivity contribution in [1.82, 2.24) is 10.3 Å². The van der Waals surface area contributed by atoms with Gasteiger partial charge in [0.15, 0.2) is 0 Å². The number of aromatic nitrogens is 1. The van der Waals surface area contributed by atoms with E-state index in [1.165, 1.54) is 18.6 Å². The second-order valence-corrected chi connectivity index (χ2v) is 10.9. The van der Waals surface area contributed by atoms with Gasteiger partial charge in [0.25, 0.3) is 15.9 Å². The smallest absolute Gasteiger partial charge is 0.261 e. The minimum atomic E-state index is -3.88. The number of benzene rings is 2. The van der Waals surface area contributed by atoms with Gasteiger partial charge in [0.1, 0.15) is 5.78 Å². The Morgan fingerprint density at radius 3 is 2.42 bits per heavy atom. The van der Waals surface area contributed by atoms with Crippen molar-refractivity contribution < 1.29 is 18.0 Å². The number of Topliss-reactive ketones (excluding diaryl/α,β-unsaturated/α-hetero) is 1. The summed E-state index contributed by atoms with van der Waals surface area (Å²) >= 11 is 0. The van der Waals surface area contributed by atoms with Crippen molar-refractivity contribution >= 4 is 27.4 Å². The molecular formula is C28H31N3O4S. The molecule has 3 aromatic rings. The van der Waals surface area contributed by atoms with Crippen LogP contribution in [0.5, 0.6) is 0 Å². The quantitative estimate of drug-likeness (QED) is 0.416. The number of sulfonamides is 1. The predicted octanol–water partition coefficient (Wildman–Crippen LogP) is 4.69. The highest BCUT2D eigenvalue weighted by atomic mass is 32.2. The lowest BCUT2D eigenvalue weighted by atomic mass is 9.95. The highest BCUT2D eigenvalue weighted by Crippen LogP contribution is 2.20. The van der Waals surface area contributed by atoms with Crippen LogP contribution in [0, 0.1) is 0 Å². The van der Waals surface area contributed by atoms with Crippen molar-refractivity contribution in [2.75, 3.05) is 4.72 Å². The maximum Gasteiger partial charge on any atom is 0.261 e. The van der Waals surface area contributed by atoms with Crippen LogP contribution in [0.25, 0.3) is 0 Å². The van der Waals surface area contributed by atoms with Crippen molar-refractivity contribution in [3.63, 3.8) is 0 Å². The number of ketones is 1. The van der Waals surface area contributed by atoms with Gasteiger partial charge in [-0.05, 0) is 66.8 Å². The number of amides is 1. The largest absolute Gasteiger partial charge is 0.349 e. The lowest BCUT2D eigenvalue weighted by Crippen LogP contribution is -2.36. The van der Waals surface area contributed by atoms with E-state index >= 15 is 0 Å². The fourth-order valence-electron chi connectivity index (χ4n) is 4.37. The van der Waals surface area contributed by atoms with Gasteiger partial charge in [-0.15, -0.1) is 0 Å². The summed E-state index contributed by atoms with van der Waals surface area (Å²) < 4.78 is 28.5. The monoisotopic (exact) mass is 505 g/mol. The number of pyridine rings is 1. The lowest BCUT2D eigenvalue weighted by Gasteiger charge is -2.22. The predicted molar refractivity (Wildman–Crippen MR) is 139 cm³/mol. The molecule has 1 aromatic heterocycles. The van der Waals surface area contributed by atoms with Gasteiger partial charge in [0, 0.05) is 42.5 Å². The van der Waals surface area contributed by atoms with Crippen LogP contribution < -0.4 is 10.0 Å². The zero-order chi connectivity index (χ0) is 25.4. The van der Waals surface area contributed by atoms with Gasteiger partial charge in [0.2, 0.25) is 0 Å². The van der Waals surface area contributed by atoms with E-state index in [1.807, 2.05) is 12.1 Å². The number of anilines is 1. The molecule has 1 heterocycles. The van der Waals surface area contributed by atoms with Crippen LogP contribution in [0.1, 0.15) is 60.0 Å². The Labute approximate surface area is 212 Å². The minimum absolute atomic E-state index is 0.0217. The Bertz CT molecular complexity index is 1290. The molecule has 1 aliphatic rings. The maximum absolute atomic E-state index is 12.9. The van der Waals surface area contributed by atoms with Gasteiger partial charge in [-0.1, -0.05) is 43.5 Å². The first-order valence-electron chi connectivity index (χ1n) is 12.3. The molecule has 2 N–H and O–H groups in total. The van der Waals surface area contributed by atoms with Gasteiger partial charge < -0.3 is 5.32 Å². The van der Waals surface area contributed by atoms with E-state index in [1.54, 1.807) is 48.8 Å². The Kier molecular flexibility index (Phi) is 8.48. The van der Waals surface area contributed by atoms with Gasteiger partial charge in [-0.3, -0.25) is 19.3 Å². The normalized spacial score (nSPS) is 14.2. The summed E-state index contributed by atoms with van der Waals surface area (Å²) in [6, 6.07) is 16.8. The van der Waals surface area contributed by atoms with Crippen LogP contribution in [-0.2, 0) is 27.7 Å². The van der Waals surface area contributed by atoms with Crippen LogP contribution in [0.3, 0.4) is 0 Å². The van der Waals surface area contributed by atoms with Crippen molar-refractivity contribution in [2.24, 2.45) is 0 Å². The maximum atomic E-state index is 12.9. The molecule has 1 fully saturated rings. The molecule has 0 radical (unpaired) electrons. The molecule has 0 unspecified atom stereocenters. The van der Waals surface area contributed by atoms with Crippen molar-refractivity contribution in [3.8, 4) is 0 Å². The zero-order valence-electron chi connectivity index (χ0n) is 20.2. The van der Waals surface area contributed by atoms with Gasteiger partial charge in [-0.2, -0.15) is 0 Å². The second-order valence-electron chi connectivity index (χ2n) is 9.22. The zero-order valence-corrected chi connectivity index (χ0v) is 21.0. The molecule has 1 saturated carbocycles. The molecule has 8 heteroatoms. The molecule has 1 aliphatic carbocycles. The van der Waals surface area contributed by atoms with Crippen LogP contribution in [-0.4, -0.2) is 31.1 Å². The third-order valence-electron chi connectivity index (χ3n) is 6.37. The number of rotatable bonds is 10. The lowest BCUT2D eigenvalue weighted by molar-refractivity contribution is -0.118. The summed E-state index contributed by atoms with van der Waals surface area (Å²) in [6.45, 7) is 0. The van der Waals surface area contributed by atoms with E-state index < -0.39 is 10.0 Å². The molecule has 2 aromatic carbocycles. The van der Waals surface area contributed by atoms with Crippen LogP contribution in [0.4, 0.5) is 5.69 Å². The molecule has 0 spiro atoms. The fraction of sp³-hybridized carbons (Fsp3) is 0.321. The van der Waals surface area contributed by atoms with E-state index in [0.29, 0.717) is 24.1 Å². The van der Waals surface area contributed by atoms with Crippen LogP contribution in [0.15, 0.2) is 78.0 Å². The molecule has 7 nitrogen and oxygen atoms in total.